The fourth-order valence-corrected chi connectivity index (χ4v) is 3.46. The highest BCUT2D eigenvalue weighted by Gasteiger charge is 2.44. The van der Waals surface area contributed by atoms with Gasteiger partial charge in [0.2, 0.25) is 5.91 Å². The van der Waals surface area contributed by atoms with Gasteiger partial charge in [-0.1, -0.05) is 43.2 Å². The first-order chi connectivity index (χ1) is 9.79. The van der Waals surface area contributed by atoms with Gasteiger partial charge in [-0.25, -0.2) is 0 Å². The van der Waals surface area contributed by atoms with Crippen molar-refractivity contribution < 1.29 is 9.90 Å². The van der Waals surface area contributed by atoms with Crippen LogP contribution in [0, 0.1) is 11.8 Å². The van der Waals surface area contributed by atoms with Crippen molar-refractivity contribution in [3.8, 4) is 0 Å². The third kappa shape index (κ3) is 2.88. The van der Waals surface area contributed by atoms with Gasteiger partial charge in [0.15, 0.2) is 0 Å². The van der Waals surface area contributed by atoms with Crippen molar-refractivity contribution in [2.45, 2.75) is 44.1 Å². The van der Waals surface area contributed by atoms with E-state index in [2.05, 4.69) is 17.4 Å². The monoisotopic (exact) mass is 273 g/mol. The summed E-state index contributed by atoms with van der Waals surface area (Å²) in [6.07, 6.45) is 5.35. The van der Waals surface area contributed by atoms with Crippen LogP contribution in [-0.2, 0) is 4.79 Å². The first-order valence-electron chi connectivity index (χ1n) is 7.75. The Labute approximate surface area is 120 Å². The Hall–Kier alpha value is -1.35. The summed E-state index contributed by atoms with van der Waals surface area (Å²) in [7, 11) is 0. The zero-order valence-corrected chi connectivity index (χ0v) is 11.8. The third-order valence-corrected chi connectivity index (χ3v) is 4.83. The van der Waals surface area contributed by atoms with Crippen molar-refractivity contribution in [2.75, 3.05) is 6.61 Å². The summed E-state index contributed by atoms with van der Waals surface area (Å²) < 4.78 is 0. The largest absolute Gasteiger partial charge is 0.396 e. The van der Waals surface area contributed by atoms with E-state index in [0.717, 1.165) is 25.7 Å². The molecule has 3 rings (SSSR count). The highest BCUT2D eigenvalue weighted by molar-refractivity contribution is 5.83. The maximum absolute atomic E-state index is 12.3. The van der Waals surface area contributed by atoms with Crippen LogP contribution in [0.4, 0.5) is 0 Å². The Bertz CT molecular complexity index is 459. The second-order valence-electron chi connectivity index (χ2n) is 6.20. The van der Waals surface area contributed by atoms with Crippen LogP contribution in [0.5, 0.6) is 0 Å². The number of carbonyl (C=O) groups excluding carboxylic acids is 1. The molecule has 2 fully saturated rings. The fourth-order valence-electron chi connectivity index (χ4n) is 3.46. The molecule has 0 saturated heterocycles. The topological polar surface area (TPSA) is 49.3 Å². The van der Waals surface area contributed by atoms with Crippen LogP contribution in [0.25, 0.3) is 0 Å². The van der Waals surface area contributed by atoms with Crippen LogP contribution in [0.2, 0.25) is 0 Å². The normalized spacial score (nSPS) is 32.6. The van der Waals surface area contributed by atoms with Crippen LogP contribution >= 0.6 is 0 Å². The van der Waals surface area contributed by atoms with E-state index in [1.807, 2.05) is 18.2 Å². The molecule has 0 aromatic heterocycles. The Kier molecular flexibility index (Phi) is 4.06. The summed E-state index contributed by atoms with van der Waals surface area (Å²) >= 11 is 0. The minimum atomic E-state index is 0.138. The van der Waals surface area contributed by atoms with Gasteiger partial charge in [-0.3, -0.25) is 4.79 Å². The van der Waals surface area contributed by atoms with Crippen molar-refractivity contribution >= 4 is 5.91 Å². The van der Waals surface area contributed by atoms with Crippen molar-refractivity contribution in [3.05, 3.63) is 35.9 Å². The van der Waals surface area contributed by atoms with Crippen LogP contribution in [-0.4, -0.2) is 23.7 Å². The molecular weight excluding hydrogens is 250 g/mol. The summed E-state index contributed by atoms with van der Waals surface area (Å²) in [5.41, 5.74) is 1.27. The van der Waals surface area contributed by atoms with E-state index in [-0.39, 0.29) is 30.4 Å². The molecule has 2 aliphatic carbocycles. The molecule has 4 atom stereocenters. The van der Waals surface area contributed by atoms with Gasteiger partial charge in [0.05, 0.1) is 0 Å². The molecule has 4 unspecified atom stereocenters. The minimum absolute atomic E-state index is 0.138. The lowest BCUT2D eigenvalue weighted by atomic mass is 9.85. The first kappa shape index (κ1) is 13.6. The summed E-state index contributed by atoms with van der Waals surface area (Å²) in [6.45, 7) is 0.192. The Morgan fingerprint density at radius 1 is 1.20 bits per heavy atom. The Balaban J connectivity index is 1.56. The maximum atomic E-state index is 12.3. The zero-order valence-electron chi connectivity index (χ0n) is 11.8. The number of amides is 1. The molecule has 2 aliphatic rings. The first-order valence-corrected chi connectivity index (χ1v) is 7.75. The molecule has 3 nitrogen and oxygen atoms in total. The molecular formula is C17H23NO2. The van der Waals surface area contributed by atoms with Gasteiger partial charge >= 0.3 is 0 Å². The molecule has 2 N–H and O–H groups in total. The van der Waals surface area contributed by atoms with Crippen LogP contribution < -0.4 is 5.32 Å². The van der Waals surface area contributed by atoms with Crippen molar-refractivity contribution in [3.63, 3.8) is 0 Å². The number of aliphatic hydroxyl groups is 1. The highest BCUT2D eigenvalue weighted by atomic mass is 16.3. The molecule has 3 heteroatoms. The van der Waals surface area contributed by atoms with Gasteiger partial charge in [0.1, 0.15) is 0 Å². The lowest BCUT2D eigenvalue weighted by Crippen LogP contribution is -2.44. The smallest absolute Gasteiger partial charge is 0.223 e. The van der Waals surface area contributed by atoms with E-state index in [9.17, 15) is 9.90 Å². The van der Waals surface area contributed by atoms with Gasteiger partial charge in [-0.15, -0.1) is 0 Å². The summed E-state index contributed by atoms with van der Waals surface area (Å²) in [5, 5.41) is 12.6. The number of rotatable bonds is 4. The summed E-state index contributed by atoms with van der Waals surface area (Å²) in [4.78, 5) is 12.3. The van der Waals surface area contributed by atoms with Crippen LogP contribution in [0.1, 0.15) is 43.6 Å². The van der Waals surface area contributed by atoms with Crippen molar-refractivity contribution in [1.29, 1.82) is 0 Å². The molecule has 1 amide bonds. The fraction of sp³-hybridized carbons (Fsp3) is 0.588. The van der Waals surface area contributed by atoms with Crippen molar-refractivity contribution in [1.82, 2.24) is 5.32 Å². The van der Waals surface area contributed by atoms with E-state index in [0.29, 0.717) is 5.92 Å². The summed E-state index contributed by atoms with van der Waals surface area (Å²) in [5.74, 6) is 0.969. The number of hydrogen-bond acceptors (Lipinski definition) is 2. The quantitative estimate of drug-likeness (QED) is 0.885. The molecule has 1 aromatic rings. The van der Waals surface area contributed by atoms with Gasteiger partial charge in [0, 0.05) is 24.5 Å². The third-order valence-electron chi connectivity index (χ3n) is 4.83. The molecule has 20 heavy (non-hydrogen) atoms. The van der Waals surface area contributed by atoms with E-state index in [4.69, 9.17) is 0 Å². The molecule has 1 aromatic carbocycles. The second kappa shape index (κ2) is 5.96. The van der Waals surface area contributed by atoms with Gasteiger partial charge in [-0.05, 0) is 30.7 Å². The summed E-state index contributed by atoms with van der Waals surface area (Å²) in [6, 6.07) is 10.5. The van der Waals surface area contributed by atoms with Gasteiger partial charge < -0.3 is 10.4 Å². The van der Waals surface area contributed by atoms with E-state index >= 15 is 0 Å². The van der Waals surface area contributed by atoms with Gasteiger partial charge in [0.25, 0.3) is 0 Å². The standard InChI is InChI=1S/C17H23NO2/c19-11-13-8-4-5-9-16(13)18-17(20)15-10-14(15)12-6-2-1-3-7-12/h1-3,6-7,13-16,19H,4-5,8-11H2,(H,18,20). The lowest BCUT2D eigenvalue weighted by Gasteiger charge is -2.31. The minimum Gasteiger partial charge on any atom is -0.396 e. The highest BCUT2D eigenvalue weighted by Crippen LogP contribution is 2.47. The molecule has 108 valence electrons. The van der Waals surface area contributed by atoms with Crippen LogP contribution in [0.15, 0.2) is 30.3 Å². The Morgan fingerprint density at radius 3 is 2.70 bits per heavy atom. The Morgan fingerprint density at radius 2 is 1.95 bits per heavy atom. The maximum Gasteiger partial charge on any atom is 0.223 e. The number of aliphatic hydroxyl groups excluding tert-OH is 1. The second-order valence-corrected chi connectivity index (χ2v) is 6.20. The zero-order chi connectivity index (χ0) is 13.9. The molecule has 0 aliphatic heterocycles. The molecule has 0 heterocycles. The number of hydrogen-bond donors (Lipinski definition) is 2. The predicted octanol–water partition coefficient (Wildman–Crippen LogP) is 2.46. The van der Waals surface area contributed by atoms with E-state index in [1.165, 1.54) is 12.0 Å². The number of nitrogens with one attached hydrogen (secondary N) is 1. The van der Waals surface area contributed by atoms with Crippen LogP contribution in [0.3, 0.4) is 0 Å². The average molecular weight is 273 g/mol. The average Bonchev–Trinajstić information content (AvgIpc) is 3.29. The SMILES string of the molecule is O=C(NC1CCCCC1CO)C1CC1c1ccccc1. The lowest BCUT2D eigenvalue weighted by molar-refractivity contribution is -0.123. The predicted molar refractivity (Wildman–Crippen MR) is 78.3 cm³/mol. The van der Waals surface area contributed by atoms with Crippen molar-refractivity contribution in [2.24, 2.45) is 11.8 Å². The molecule has 2 saturated carbocycles. The molecule has 0 bridgehead atoms. The van der Waals surface area contributed by atoms with E-state index in [1.54, 1.807) is 0 Å². The molecule has 0 radical (unpaired) electrons. The van der Waals surface area contributed by atoms with E-state index < -0.39 is 0 Å². The van der Waals surface area contributed by atoms with Gasteiger partial charge in [-0.2, -0.15) is 0 Å². The number of carbonyl (C=O) groups is 1. The molecule has 0 spiro atoms. The number of benzene rings is 1.